The highest BCUT2D eigenvalue weighted by Gasteiger charge is 2.26. The molecule has 2 aliphatic heterocycles. The molecular weight excluding hydrogens is 418 g/mol. The van der Waals surface area contributed by atoms with Gasteiger partial charge in [-0.2, -0.15) is 5.10 Å². The predicted octanol–water partition coefficient (Wildman–Crippen LogP) is 3.22. The van der Waals surface area contributed by atoms with E-state index in [-0.39, 0.29) is 36.7 Å². The summed E-state index contributed by atoms with van der Waals surface area (Å²) in [6.07, 6.45) is 2.44. The number of urea groups is 1. The highest BCUT2D eigenvalue weighted by molar-refractivity contribution is 6.02. The quantitative estimate of drug-likeness (QED) is 0.712. The summed E-state index contributed by atoms with van der Waals surface area (Å²) in [5, 5.41) is 11.7. The number of likely N-dealkylation sites (tertiary alicyclic amines) is 1. The van der Waals surface area contributed by atoms with Gasteiger partial charge < -0.3 is 15.5 Å². The molecule has 1 saturated heterocycles. The van der Waals surface area contributed by atoms with Gasteiger partial charge >= 0.3 is 6.03 Å². The Morgan fingerprint density at radius 3 is 2.18 bits per heavy atom. The summed E-state index contributed by atoms with van der Waals surface area (Å²) < 4.78 is 0. The Bertz CT molecular complexity index is 1000. The van der Waals surface area contributed by atoms with E-state index in [2.05, 4.69) is 15.7 Å². The van der Waals surface area contributed by atoms with E-state index in [1.165, 1.54) is 5.01 Å². The van der Waals surface area contributed by atoms with Crippen LogP contribution in [0.25, 0.3) is 0 Å². The van der Waals surface area contributed by atoms with Gasteiger partial charge in [0.2, 0.25) is 11.8 Å². The van der Waals surface area contributed by atoms with Crippen LogP contribution in [-0.4, -0.2) is 59.1 Å². The molecular formula is C25H29N5O3. The number of anilines is 1. The minimum Gasteiger partial charge on any atom is -0.343 e. The molecule has 2 aliphatic rings. The minimum atomic E-state index is -0.238. The van der Waals surface area contributed by atoms with Gasteiger partial charge in [0.1, 0.15) is 0 Å². The maximum absolute atomic E-state index is 12.6. The summed E-state index contributed by atoms with van der Waals surface area (Å²) in [4.78, 5) is 39.1. The normalized spacial score (nSPS) is 16.3. The second-order valence-electron chi connectivity index (χ2n) is 8.30. The van der Waals surface area contributed by atoms with E-state index >= 15 is 0 Å². The van der Waals surface area contributed by atoms with Gasteiger partial charge in [0, 0.05) is 44.1 Å². The van der Waals surface area contributed by atoms with E-state index in [0.717, 1.165) is 23.4 Å². The van der Waals surface area contributed by atoms with Crippen molar-refractivity contribution in [2.75, 3.05) is 25.0 Å². The number of carbonyl (C=O) groups is 3. The lowest BCUT2D eigenvalue weighted by Crippen LogP contribution is -2.47. The Morgan fingerprint density at radius 1 is 0.848 bits per heavy atom. The molecule has 0 atom stereocenters. The van der Waals surface area contributed by atoms with Gasteiger partial charge in [0.25, 0.3) is 0 Å². The number of para-hydroxylation sites is 1. The van der Waals surface area contributed by atoms with E-state index in [0.29, 0.717) is 32.5 Å². The van der Waals surface area contributed by atoms with Crippen molar-refractivity contribution in [3.8, 4) is 0 Å². The van der Waals surface area contributed by atoms with Crippen LogP contribution in [0.1, 0.15) is 37.7 Å². The lowest BCUT2D eigenvalue weighted by atomic mass is 10.0. The lowest BCUT2D eigenvalue weighted by Gasteiger charge is -2.32. The van der Waals surface area contributed by atoms with E-state index < -0.39 is 0 Å². The van der Waals surface area contributed by atoms with Crippen molar-refractivity contribution in [1.29, 1.82) is 0 Å². The lowest BCUT2D eigenvalue weighted by molar-refractivity contribution is -0.137. The minimum absolute atomic E-state index is 0.0229. The number of carbonyl (C=O) groups excluding carboxylic acids is 3. The Balaban J connectivity index is 1.17. The van der Waals surface area contributed by atoms with Crippen molar-refractivity contribution in [2.24, 2.45) is 5.10 Å². The van der Waals surface area contributed by atoms with Crippen LogP contribution in [0.3, 0.4) is 0 Å². The highest BCUT2D eigenvalue weighted by Crippen LogP contribution is 2.17. The van der Waals surface area contributed by atoms with Crippen LogP contribution in [0.4, 0.5) is 10.5 Å². The number of nitrogens with zero attached hydrogens (tertiary/aromatic N) is 3. The molecule has 1 fully saturated rings. The fourth-order valence-electron chi connectivity index (χ4n) is 4.12. The van der Waals surface area contributed by atoms with Gasteiger partial charge in [-0.3, -0.25) is 9.59 Å². The zero-order chi connectivity index (χ0) is 23.0. The molecule has 8 nitrogen and oxygen atoms in total. The summed E-state index contributed by atoms with van der Waals surface area (Å²) in [5.74, 6) is -0.148. The highest BCUT2D eigenvalue weighted by atomic mass is 16.2. The van der Waals surface area contributed by atoms with Crippen LogP contribution in [0.2, 0.25) is 0 Å². The van der Waals surface area contributed by atoms with Gasteiger partial charge in [0.05, 0.1) is 12.3 Å². The number of amides is 4. The van der Waals surface area contributed by atoms with E-state index in [1.54, 1.807) is 4.90 Å². The second kappa shape index (κ2) is 10.8. The van der Waals surface area contributed by atoms with E-state index in [1.807, 2.05) is 60.7 Å². The van der Waals surface area contributed by atoms with Crippen LogP contribution >= 0.6 is 0 Å². The Hall–Kier alpha value is -3.68. The number of hydrogen-bond donors (Lipinski definition) is 2. The number of hydrazone groups is 1. The first kappa shape index (κ1) is 22.5. The molecule has 0 radical (unpaired) electrons. The van der Waals surface area contributed by atoms with Gasteiger partial charge in [-0.05, 0) is 30.5 Å². The molecule has 2 N–H and O–H groups in total. The molecule has 0 bridgehead atoms. The monoisotopic (exact) mass is 447 g/mol. The van der Waals surface area contributed by atoms with E-state index in [9.17, 15) is 14.4 Å². The first-order valence-electron chi connectivity index (χ1n) is 11.4. The topological polar surface area (TPSA) is 94.1 Å². The zero-order valence-electron chi connectivity index (χ0n) is 18.6. The van der Waals surface area contributed by atoms with Crippen LogP contribution in [0.5, 0.6) is 0 Å². The molecule has 0 aliphatic carbocycles. The molecule has 0 saturated carbocycles. The summed E-state index contributed by atoms with van der Waals surface area (Å²) >= 11 is 0. The number of nitrogens with one attached hydrogen (secondary N) is 2. The van der Waals surface area contributed by atoms with Crippen LogP contribution in [0.15, 0.2) is 65.8 Å². The molecule has 33 heavy (non-hydrogen) atoms. The first-order chi connectivity index (χ1) is 16.1. The summed E-state index contributed by atoms with van der Waals surface area (Å²) in [6.45, 7) is 1.70. The zero-order valence-corrected chi connectivity index (χ0v) is 18.6. The molecule has 0 aromatic heterocycles. The number of rotatable bonds is 6. The van der Waals surface area contributed by atoms with Crippen molar-refractivity contribution in [1.82, 2.24) is 15.2 Å². The van der Waals surface area contributed by atoms with Crippen LogP contribution in [0, 0.1) is 0 Å². The molecule has 2 heterocycles. The second-order valence-corrected chi connectivity index (χ2v) is 8.30. The smallest absolute Gasteiger partial charge is 0.319 e. The number of benzene rings is 2. The fraction of sp³-hybridized carbons (Fsp3) is 0.360. The third-order valence-electron chi connectivity index (χ3n) is 5.96. The van der Waals surface area contributed by atoms with E-state index in [4.69, 9.17) is 0 Å². The van der Waals surface area contributed by atoms with Gasteiger partial charge in [-0.15, -0.1) is 0 Å². The maximum Gasteiger partial charge on any atom is 0.319 e. The molecule has 4 amide bonds. The third kappa shape index (κ3) is 6.19. The van der Waals surface area contributed by atoms with Gasteiger partial charge in [-0.25, -0.2) is 9.80 Å². The summed E-state index contributed by atoms with van der Waals surface area (Å²) in [5.41, 5.74) is 2.67. The van der Waals surface area contributed by atoms with Gasteiger partial charge in [-0.1, -0.05) is 48.5 Å². The molecule has 0 spiro atoms. The average Bonchev–Trinajstić information content (AvgIpc) is 3.34. The van der Waals surface area contributed by atoms with Crippen molar-refractivity contribution in [3.63, 3.8) is 0 Å². The largest absolute Gasteiger partial charge is 0.343 e. The maximum atomic E-state index is 12.6. The molecule has 0 unspecified atom stereocenters. The van der Waals surface area contributed by atoms with Crippen molar-refractivity contribution in [2.45, 2.75) is 38.1 Å². The number of hydrogen-bond acceptors (Lipinski definition) is 4. The van der Waals surface area contributed by atoms with Crippen LogP contribution < -0.4 is 10.6 Å². The van der Waals surface area contributed by atoms with Gasteiger partial charge in [0.15, 0.2) is 0 Å². The van der Waals surface area contributed by atoms with Crippen LogP contribution in [-0.2, 0) is 9.59 Å². The van der Waals surface area contributed by atoms with Crippen molar-refractivity contribution >= 4 is 29.2 Å². The average molecular weight is 448 g/mol. The fourth-order valence-corrected chi connectivity index (χ4v) is 4.12. The van der Waals surface area contributed by atoms with Crippen molar-refractivity contribution < 1.29 is 14.4 Å². The molecule has 4 rings (SSSR count). The summed E-state index contributed by atoms with van der Waals surface area (Å²) in [6, 6.07) is 18.9. The Kier molecular flexibility index (Phi) is 7.34. The third-order valence-corrected chi connectivity index (χ3v) is 5.96. The summed E-state index contributed by atoms with van der Waals surface area (Å²) in [7, 11) is 0. The first-order valence-corrected chi connectivity index (χ1v) is 11.4. The molecule has 172 valence electrons. The van der Waals surface area contributed by atoms with Crippen molar-refractivity contribution in [3.05, 3.63) is 66.2 Å². The molecule has 2 aromatic carbocycles. The molecule has 8 heteroatoms. The molecule has 2 aromatic rings. The Labute approximate surface area is 193 Å². The standard InChI is InChI=1S/C25H29N5O3/c31-23(11-12-24(32)30-18-15-22(28-30)19-7-3-1-4-8-19)29-16-13-21(14-17-29)27-25(33)26-20-9-5-2-6-10-20/h1-10,21H,11-18H2,(H2,26,27,33). The number of piperidine rings is 1. The SMILES string of the molecule is O=C(Nc1ccccc1)NC1CCN(C(=O)CCC(=O)N2CCC(c3ccccc3)=N2)CC1. The Morgan fingerprint density at radius 2 is 1.48 bits per heavy atom. The predicted molar refractivity (Wildman–Crippen MR) is 127 cm³/mol.